The second-order valence-electron chi connectivity index (χ2n) is 10.5. The van der Waals surface area contributed by atoms with Crippen molar-refractivity contribution in [3.63, 3.8) is 0 Å². The minimum absolute atomic E-state index is 0.100. The summed E-state index contributed by atoms with van der Waals surface area (Å²) in [5.41, 5.74) is 6.95. The lowest BCUT2D eigenvalue weighted by molar-refractivity contribution is -0.113. The van der Waals surface area contributed by atoms with Crippen LogP contribution in [0.5, 0.6) is 17.2 Å². The predicted molar refractivity (Wildman–Crippen MR) is 179 cm³/mol. The molecule has 4 aromatic rings. The van der Waals surface area contributed by atoms with E-state index in [-0.39, 0.29) is 12.7 Å². The topological polar surface area (TPSA) is 60.4 Å². The van der Waals surface area contributed by atoms with Crippen LogP contribution in [0.3, 0.4) is 0 Å². The van der Waals surface area contributed by atoms with E-state index in [4.69, 9.17) is 19.2 Å². The minimum Gasteiger partial charge on any atom is -0.489 e. The van der Waals surface area contributed by atoms with Crippen molar-refractivity contribution in [3.05, 3.63) is 130 Å². The zero-order chi connectivity index (χ0) is 30.5. The van der Waals surface area contributed by atoms with Crippen LogP contribution >= 0.6 is 11.8 Å². The molecule has 0 radical (unpaired) electrons. The summed E-state index contributed by atoms with van der Waals surface area (Å²) in [4.78, 5) is 21.1. The molecule has 44 heavy (non-hydrogen) atoms. The smallest absolute Gasteiger partial charge is 0.271 e. The third kappa shape index (κ3) is 6.43. The molecule has 0 unspecified atom stereocenters. The fraction of sp³-hybridized carbons (Fsp3) is 0.189. The van der Waals surface area contributed by atoms with Crippen LogP contribution in [-0.4, -0.2) is 17.9 Å². The highest BCUT2D eigenvalue weighted by molar-refractivity contribution is 8.19. The number of nitrogens with zero attached hydrogens (tertiary/aromatic N) is 2. The molecular formula is C37H34N2O4S. The maximum Gasteiger partial charge on any atom is 0.271 e. The van der Waals surface area contributed by atoms with Gasteiger partial charge in [-0.05, 0) is 113 Å². The Balaban J connectivity index is 1.28. The molecule has 6 nitrogen and oxygen atoms in total. The third-order valence-corrected chi connectivity index (χ3v) is 8.53. The maximum absolute atomic E-state index is 13.9. The van der Waals surface area contributed by atoms with Crippen LogP contribution in [0.2, 0.25) is 0 Å². The number of hydrogen-bond donors (Lipinski definition) is 0. The van der Waals surface area contributed by atoms with E-state index in [1.54, 1.807) is 4.90 Å². The van der Waals surface area contributed by atoms with Crippen LogP contribution in [0.4, 0.5) is 11.4 Å². The number of carbonyl (C=O) groups is 1. The second-order valence-corrected chi connectivity index (χ2v) is 11.5. The van der Waals surface area contributed by atoms with Crippen LogP contribution in [0.1, 0.15) is 41.7 Å². The fourth-order valence-electron chi connectivity index (χ4n) is 5.06. The molecule has 0 spiro atoms. The van der Waals surface area contributed by atoms with Gasteiger partial charge < -0.3 is 14.2 Å². The molecule has 0 aromatic heterocycles. The Kier molecular flexibility index (Phi) is 8.84. The molecule has 2 heterocycles. The quantitative estimate of drug-likeness (QED) is 0.134. The molecule has 0 N–H and O–H groups in total. The van der Waals surface area contributed by atoms with Gasteiger partial charge in [-0.25, -0.2) is 4.99 Å². The first-order valence-electron chi connectivity index (χ1n) is 14.8. The summed E-state index contributed by atoms with van der Waals surface area (Å²) in [5, 5.41) is 0.629. The Hall–Kier alpha value is -4.75. The van der Waals surface area contributed by atoms with Crippen LogP contribution < -0.4 is 19.1 Å². The average molecular weight is 603 g/mol. The van der Waals surface area contributed by atoms with Gasteiger partial charge in [-0.3, -0.25) is 9.69 Å². The standard InChI is InChI=1S/C37H34N2O4S/c1-4-7-29-20-27(12-18-32(29)41-23-28-13-19-33-34(21-28)43-24-42-33)22-35-36(40)39(31-16-10-26(6-3)11-17-31)37(44-35)38-30-14-8-25(5-2)9-15-30/h4,8-22H,1,5-7,23-24H2,2-3H3/b35-22-,38-37?. The number of fused-ring (bicyclic) bond motifs is 1. The number of amides is 1. The first-order chi connectivity index (χ1) is 21.5. The molecule has 6 rings (SSSR count). The van der Waals surface area contributed by atoms with Crippen molar-refractivity contribution in [3.8, 4) is 17.2 Å². The van der Waals surface area contributed by atoms with Crippen molar-refractivity contribution >= 4 is 40.3 Å². The van der Waals surface area contributed by atoms with Gasteiger partial charge in [-0.15, -0.1) is 6.58 Å². The molecule has 222 valence electrons. The molecule has 1 amide bonds. The number of amidine groups is 1. The minimum atomic E-state index is -0.100. The number of anilines is 1. The number of carbonyl (C=O) groups excluding carboxylic acids is 1. The monoisotopic (exact) mass is 602 g/mol. The molecule has 0 aliphatic carbocycles. The number of ether oxygens (including phenoxy) is 3. The number of rotatable bonds is 10. The van der Waals surface area contributed by atoms with E-state index < -0.39 is 0 Å². The number of aryl methyl sites for hydroxylation is 2. The van der Waals surface area contributed by atoms with Gasteiger partial charge in [0.1, 0.15) is 12.4 Å². The highest BCUT2D eigenvalue weighted by atomic mass is 32.2. The number of allylic oxidation sites excluding steroid dienone is 1. The molecule has 1 fully saturated rings. The van der Waals surface area contributed by atoms with E-state index in [1.807, 2.05) is 66.7 Å². The van der Waals surface area contributed by atoms with Gasteiger partial charge in [0.25, 0.3) is 5.91 Å². The van der Waals surface area contributed by atoms with Gasteiger partial charge in [0.2, 0.25) is 6.79 Å². The molecule has 0 atom stereocenters. The number of benzene rings is 4. The molecule has 1 saturated heterocycles. The Morgan fingerprint density at radius 1 is 0.886 bits per heavy atom. The van der Waals surface area contributed by atoms with E-state index in [0.717, 1.165) is 58.2 Å². The highest BCUT2D eigenvalue weighted by Gasteiger charge is 2.34. The highest BCUT2D eigenvalue weighted by Crippen LogP contribution is 2.38. The Labute approximate surface area is 262 Å². The zero-order valence-corrected chi connectivity index (χ0v) is 25.7. The largest absolute Gasteiger partial charge is 0.489 e. The first-order valence-corrected chi connectivity index (χ1v) is 15.6. The summed E-state index contributed by atoms with van der Waals surface area (Å²) in [5.74, 6) is 2.15. The lowest BCUT2D eigenvalue weighted by Crippen LogP contribution is -2.28. The third-order valence-electron chi connectivity index (χ3n) is 7.56. The molecule has 2 aliphatic rings. The SMILES string of the molecule is C=CCc1cc(/C=C2\SC(=Nc3ccc(CC)cc3)N(c3ccc(CC)cc3)C2=O)ccc1OCc1ccc2c(c1)OCO2. The molecule has 2 aliphatic heterocycles. The van der Waals surface area contributed by atoms with E-state index in [1.165, 1.54) is 22.9 Å². The second kappa shape index (κ2) is 13.3. The van der Waals surface area contributed by atoms with E-state index in [9.17, 15) is 4.79 Å². The summed E-state index contributed by atoms with van der Waals surface area (Å²) < 4.78 is 17.1. The van der Waals surface area contributed by atoms with Crippen molar-refractivity contribution in [2.75, 3.05) is 11.7 Å². The van der Waals surface area contributed by atoms with Crippen molar-refractivity contribution < 1.29 is 19.0 Å². The molecule has 7 heteroatoms. The number of thioether (sulfide) groups is 1. The van der Waals surface area contributed by atoms with Gasteiger partial charge in [0, 0.05) is 0 Å². The average Bonchev–Trinajstić information content (AvgIpc) is 3.64. The predicted octanol–water partition coefficient (Wildman–Crippen LogP) is 8.66. The van der Waals surface area contributed by atoms with Crippen LogP contribution in [0.25, 0.3) is 6.08 Å². The first kappa shape index (κ1) is 29.3. The molecule has 0 bridgehead atoms. The van der Waals surface area contributed by atoms with Crippen molar-refractivity contribution in [1.82, 2.24) is 0 Å². The van der Waals surface area contributed by atoms with Crippen LogP contribution in [0.15, 0.2) is 107 Å². The lowest BCUT2D eigenvalue weighted by atomic mass is 10.1. The summed E-state index contributed by atoms with van der Waals surface area (Å²) in [6.07, 6.45) is 6.30. The number of hydrogen-bond acceptors (Lipinski definition) is 6. The normalized spacial score (nSPS) is 15.8. The zero-order valence-electron chi connectivity index (χ0n) is 24.9. The summed E-state index contributed by atoms with van der Waals surface area (Å²) in [6, 6.07) is 28.1. The van der Waals surface area contributed by atoms with Crippen molar-refractivity contribution in [1.29, 1.82) is 0 Å². The Morgan fingerprint density at radius 3 is 2.32 bits per heavy atom. The van der Waals surface area contributed by atoms with Crippen molar-refractivity contribution in [2.24, 2.45) is 4.99 Å². The number of aliphatic imine (C=N–C) groups is 1. The molecular weight excluding hydrogens is 568 g/mol. The fourth-order valence-corrected chi connectivity index (χ4v) is 6.06. The molecule has 4 aromatic carbocycles. The summed E-state index contributed by atoms with van der Waals surface area (Å²) in [7, 11) is 0. The van der Waals surface area contributed by atoms with Gasteiger partial charge in [0.05, 0.1) is 16.3 Å². The van der Waals surface area contributed by atoms with Gasteiger partial charge in [-0.1, -0.05) is 56.3 Å². The van der Waals surface area contributed by atoms with E-state index in [2.05, 4.69) is 50.8 Å². The van der Waals surface area contributed by atoms with Gasteiger partial charge >= 0.3 is 0 Å². The lowest BCUT2D eigenvalue weighted by Gasteiger charge is -2.16. The molecule has 0 saturated carbocycles. The van der Waals surface area contributed by atoms with Gasteiger partial charge in [-0.2, -0.15) is 0 Å². The van der Waals surface area contributed by atoms with Gasteiger partial charge in [0.15, 0.2) is 16.7 Å². The van der Waals surface area contributed by atoms with Crippen molar-refractivity contribution in [2.45, 2.75) is 39.7 Å². The maximum atomic E-state index is 13.9. The Bertz CT molecular complexity index is 1740. The van der Waals surface area contributed by atoms with Crippen LogP contribution in [-0.2, 0) is 30.7 Å². The summed E-state index contributed by atoms with van der Waals surface area (Å²) in [6.45, 7) is 8.81. The van der Waals surface area contributed by atoms with Crippen LogP contribution in [0, 0.1) is 0 Å². The van der Waals surface area contributed by atoms with E-state index >= 15 is 0 Å². The summed E-state index contributed by atoms with van der Waals surface area (Å²) >= 11 is 1.39. The Morgan fingerprint density at radius 2 is 1.59 bits per heavy atom. The van der Waals surface area contributed by atoms with E-state index in [0.29, 0.717) is 23.1 Å².